The van der Waals surface area contributed by atoms with Crippen molar-refractivity contribution < 1.29 is 14.7 Å². The van der Waals surface area contributed by atoms with E-state index in [0.717, 1.165) is 18.8 Å². The van der Waals surface area contributed by atoms with Gasteiger partial charge in [0, 0.05) is 37.6 Å². The Morgan fingerprint density at radius 3 is 2.15 bits per heavy atom. The number of carboxylic acids is 1. The third-order valence-electron chi connectivity index (χ3n) is 4.81. The van der Waals surface area contributed by atoms with Crippen molar-refractivity contribution in [2.75, 3.05) is 49.1 Å². The summed E-state index contributed by atoms with van der Waals surface area (Å²) in [5.74, 6) is -0.987. The molecule has 1 aliphatic rings. The predicted octanol–water partition coefficient (Wildman–Crippen LogP) is 2.23. The number of carbonyl (C=O) groups is 2. The zero-order valence-corrected chi connectivity index (χ0v) is 15.5. The van der Waals surface area contributed by atoms with E-state index >= 15 is 0 Å². The minimum atomic E-state index is -0.948. The Morgan fingerprint density at radius 1 is 0.926 bits per heavy atom. The van der Waals surface area contributed by atoms with Crippen molar-refractivity contribution >= 4 is 23.3 Å². The monoisotopic (exact) mass is 367 g/mol. The molecule has 1 aliphatic heterocycles. The second kappa shape index (κ2) is 8.58. The Bertz CT molecular complexity index is 769. The van der Waals surface area contributed by atoms with Gasteiger partial charge in [-0.25, -0.2) is 0 Å². The predicted molar refractivity (Wildman–Crippen MR) is 106 cm³/mol. The van der Waals surface area contributed by atoms with Crippen LogP contribution in [0.15, 0.2) is 54.6 Å². The molecule has 6 heteroatoms. The first-order chi connectivity index (χ1) is 13.0. The Morgan fingerprint density at radius 2 is 1.56 bits per heavy atom. The summed E-state index contributed by atoms with van der Waals surface area (Å²) in [7, 11) is 0. The van der Waals surface area contributed by atoms with Crippen molar-refractivity contribution in [2.45, 2.75) is 6.92 Å². The first kappa shape index (κ1) is 18.8. The van der Waals surface area contributed by atoms with Crippen LogP contribution in [0.2, 0.25) is 0 Å². The van der Waals surface area contributed by atoms with Gasteiger partial charge in [-0.1, -0.05) is 35.9 Å². The summed E-state index contributed by atoms with van der Waals surface area (Å²) >= 11 is 0. The van der Waals surface area contributed by atoms with Gasteiger partial charge in [0.05, 0.1) is 6.54 Å². The number of anilines is 2. The maximum atomic E-state index is 12.7. The molecule has 1 N–H and O–H groups in total. The fourth-order valence-electron chi connectivity index (χ4n) is 3.27. The van der Waals surface area contributed by atoms with Crippen LogP contribution < -0.4 is 9.80 Å². The highest BCUT2D eigenvalue weighted by Gasteiger charge is 2.24. The molecule has 6 nitrogen and oxygen atoms in total. The second-order valence-corrected chi connectivity index (χ2v) is 6.79. The lowest BCUT2D eigenvalue weighted by atomic mass is 10.2. The molecule has 0 atom stereocenters. The molecule has 3 rings (SSSR count). The highest BCUT2D eigenvalue weighted by molar-refractivity contribution is 5.84. The molecule has 2 aromatic carbocycles. The van der Waals surface area contributed by atoms with Gasteiger partial charge in [0.1, 0.15) is 6.54 Å². The van der Waals surface area contributed by atoms with Crippen LogP contribution in [0, 0.1) is 6.92 Å². The van der Waals surface area contributed by atoms with Gasteiger partial charge in [-0.3, -0.25) is 9.59 Å². The van der Waals surface area contributed by atoms with Gasteiger partial charge in [-0.05, 0) is 31.2 Å². The van der Waals surface area contributed by atoms with Crippen molar-refractivity contribution in [1.82, 2.24) is 4.90 Å². The van der Waals surface area contributed by atoms with Gasteiger partial charge in [0.25, 0.3) is 0 Å². The quantitative estimate of drug-likeness (QED) is 0.848. The molecular weight excluding hydrogens is 342 g/mol. The molecule has 142 valence electrons. The topological polar surface area (TPSA) is 64.1 Å². The molecule has 0 radical (unpaired) electrons. The number of hydrogen-bond donors (Lipinski definition) is 1. The standard InChI is InChI=1S/C21H25N3O3/c1-17-7-9-19(10-8-17)22-11-13-23(14-12-22)20(25)15-24(16-21(26)27)18-5-3-2-4-6-18/h2-10H,11-16H2,1H3,(H,26,27). The number of amides is 1. The van der Waals surface area contributed by atoms with E-state index in [1.807, 2.05) is 35.2 Å². The maximum absolute atomic E-state index is 12.7. The SMILES string of the molecule is Cc1ccc(N2CCN(C(=O)CN(CC(=O)O)c3ccccc3)CC2)cc1. The van der Waals surface area contributed by atoms with Gasteiger partial charge in [0.15, 0.2) is 0 Å². The van der Waals surface area contributed by atoms with E-state index in [-0.39, 0.29) is 19.0 Å². The number of carboxylic acid groups (broad SMARTS) is 1. The van der Waals surface area contributed by atoms with E-state index in [4.69, 9.17) is 0 Å². The fourth-order valence-corrected chi connectivity index (χ4v) is 3.27. The normalized spacial score (nSPS) is 14.1. The van der Waals surface area contributed by atoms with Crippen LogP contribution in [0.5, 0.6) is 0 Å². The van der Waals surface area contributed by atoms with E-state index in [1.165, 1.54) is 11.3 Å². The molecule has 0 bridgehead atoms. The summed E-state index contributed by atoms with van der Waals surface area (Å²) in [6.45, 7) is 4.78. The van der Waals surface area contributed by atoms with E-state index < -0.39 is 5.97 Å². The van der Waals surface area contributed by atoms with Crippen molar-refractivity contribution in [3.63, 3.8) is 0 Å². The van der Waals surface area contributed by atoms with Crippen molar-refractivity contribution in [1.29, 1.82) is 0 Å². The van der Waals surface area contributed by atoms with E-state index in [2.05, 4.69) is 36.1 Å². The lowest BCUT2D eigenvalue weighted by molar-refractivity contribution is -0.135. The molecule has 0 spiro atoms. The van der Waals surface area contributed by atoms with Crippen LogP contribution >= 0.6 is 0 Å². The van der Waals surface area contributed by atoms with E-state index in [0.29, 0.717) is 13.1 Å². The third-order valence-corrected chi connectivity index (χ3v) is 4.81. The molecule has 1 fully saturated rings. The maximum Gasteiger partial charge on any atom is 0.323 e. The minimum absolute atomic E-state index is 0.0383. The number of nitrogens with zero attached hydrogens (tertiary/aromatic N) is 3. The largest absolute Gasteiger partial charge is 0.480 e. The highest BCUT2D eigenvalue weighted by Crippen LogP contribution is 2.18. The van der Waals surface area contributed by atoms with Gasteiger partial charge >= 0.3 is 5.97 Å². The summed E-state index contributed by atoms with van der Waals surface area (Å²) in [6.07, 6.45) is 0. The number of hydrogen-bond acceptors (Lipinski definition) is 4. The Hall–Kier alpha value is -3.02. The van der Waals surface area contributed by atoms with Crippen LogP contribution in [0.3, 0.4) is 0 Å². The van der Waals surface area contributed by atoms with Crippen LogP contribution in [0.1, 0.15) is 5.56 Å². The summed E-state index contributed by atoms with van der Waals surface area (Å²) in [4.78, 5) is 29.6. The zero-order chi connectivity index (χ0) is 19.2. The van der Waals surface area contributed by atoms with Gasteiger partial charge in [0.2, 0.25) is 5.91 Å². The molecule has 1 heterocycles. The smallest absolute Gasteiger partial charge is 0.323 e. The molecule has 0 unspecified atom stereocenters. The third kappa shape index (κ3) is 5.00. The number of rotatable bonds is 6. The van der Waals surface area contributed by atoms with Crippen molar-refractivity contribution in [2.24, 2.45) is 0 Å². The van der Waals surface area contributed by atoms with Crippen molar-refractivity contribution in [3.8, 4) is 0 Å². The average molecular weight is 367 g/mol. The molecule has 0 aliphatic carbocycles. The van der Waals surface area contributed by atoms with Crippen LogP contribution in [-0.2, 0) is 9.59 Å². The van der Waals surface area contributed by atoms with Gasteiger partial charge in [-0.2, -0.15) is 0 Å². The number of aliphatic carboxylic acids is 1. The van der Waals surface area contributed by atoms with Crippen LogP contribution in [-0.4, -0.2) is 61.2 Å². The summed E-state index contributed by atoms with van der Waals surface area (Å²) in [5.41, 5.74) is 3.14. The average Bonchev–Trinajstić information content (AvgIpc) is 2.68. The summed E-state index contributed by atoms with van der Waals surface area (Å²) in [6, 6.07) is 17.6. The Labute approximate surface area is 159 Å². The minimum Gasteiger partial charge on any atom is -0.480 e. The number of aryl methyl sites for hydroxylation is 1. The second-order valence-electron chi connectivity index (χ2n) is 6.79. The first-order valence-electron chi connectivity index (χ1n) is 9.14. The summed E-state index contributed by atoms with van der Waals surface area (Å²) < 4.78 is 0. The molecule has 27 heavy (non-hydrogen) atoms. The lowest BCUT2D eigenvalue weighted by Crippen LogP contribution is -2.51. The first-order valence-corrected chi connectivity index (χ1v) is 9.14. The molecular formula is C21H25N3O3. The Balaban J connectivity index is 1.59. The van der Waals surface area contributed by atoms with Crippen LogP contribution in [0.4, 0.5) is 11.4 Å². The molecule has 1 amide bonds. The number of para-hydroxylation sites is 1. The highest BCUT2D eigenvalue weighted by atomic mass is 16.4. The van der Waals surface area contributed by atoms with E-state index in [9.17, 15) is 14.7 Å². The van der Waals surface area contributed by atoms with Crippen LogP contribution in [0.25, 0.3) is 0 Å². The zero-order valence-electron chi connectivity index (χ0n) is 15.5. The fraction of sp³-hybridized carbons (Fsp3) is 0.333. The summed E-state index contributed by atoms with van der Waals surface area (Å²) in [5, 5.41) is 9.18. The van der Waals surface area contributed by atoms with Gasteiger partial charge in [-0.15, -0.1) is 0 Å². The molecule has 0 saturated carbocycles. The lowest BCUT2D eigenvalue weighted by Gasteiger charge is -2.37. The van der Waals surface area contributed by atoms with Gasteiger partial charge < -0.3 is 19.8 Å². The number of carbonyl (C=O) groups excluding carboxylic acids is 1. The van der Waals surface area contributed by atoms with E-state index in [1.54, 1.807) is 4.90 Å². The molecule has 2 aromatic rings. The number of benzene rings is 2. The Kier molecular flexibility index (Phi) is 5.96. The van der Waals surface area contributed by atoms with Crippen molar-refractivity contribution in [3.05, 3.63) is 60.2 Å². The molecule has 0 aromatic heterocycles. The number of piperazine rings is 1. The molecule has 1 saturated heterocycles.